The lowest BCUT2D eigenvalue weighted by atomic mass is 10.1. The topological polar surface area (TPSA) is 38.8 Å². The predicted octanol–water partition coefficient (Wildman–Crippen LogP) is 2.62. The summed E-state index contributed by atoms with van der Waals surface area (Å²) in [4.78, 5) is 13.8. The van der Waals surface area contributed by atoms with Gasteiger partial charge in [0, 0.05) is 36.7 Å². The minimum absolute atomic E-state index is 0.0269. The van der Waals surface area contributed by atoms with Crippen molar-refractivity contribution in [1.82, 2.24) is 4.90 Å². The van der Waals surface area contributed by atoms with E-state index in [-0.39, 0.29) is 12.0 Å². The van der Waals surface area contributed by atoms with Gasteiger partial charge in [0.05, 0.1) is 19.3 Å². The molecule has 0 aromatic heterocycles. The van der Waals surface area contributed by atoms with Crippen molar-refractivity contribution >= 4 is 23.6 Å². The highest BCUT2D eigenvalue weighted by Crippen LogP contribution is 2.18. The SMILES string of the molecule is O=C(/C=C/c1ccc(Cl)cc1)N1CC(OCC2CCOC2)C1. The van der Waals surface area contributed by atoms with E-state index in [4.69, 9.17) is 21.1 Å². The van der Waals surface area contributed by atoms with E-state index in [1.54, 1.807) is 11.0 Å². The van der Waals surface area contributed by atoms with Gasteiger partial charge >= 0.3 is 0 Å². The number of carbonyl (C=O) groups is 1. The number of nitrogens with zero attached hydrogens (tertiary/aromatic N) is 1. The van der Waals surface area contributed by atoms with Gasteiger partial charge in [0.15, 0.2) is 0 Å². The second-order valence-corrected chi connectivity index (χ2v) is 6.25. The van der Waals surface area contributed by atoms with Crippen molar-refractivity contribution in [3.8, 4) is 0 Å². The lowest BCUT2D eigenvalue weighted by molar-refractivity contribution is -0.140. The van der Waals surface area contributed by atoms with Gasteiger partial charge in [0.1, 0.15) is 0 Å². The van der Waals surface area contributed by atoms with Crippen LogP contribution in [0.2, 0.25) is 5.02 Å². The van der Waals surface area contributed by atoms with Crippen LogP contribution < -0.4 is 0 Å². The molecule has 1 unspecified atom stereocenters. The van der Waals surface area contributed by atoms with Crippen LogP contribution >= 0.6 is 11.6 Å². The molecule has 2 aliphatic heterocycles. The van der Waals surface area contributed by atoms with Crippen molar-refractivity contribution in [3.63, 3.8) is 0 Å². The lowest BCUT2D eigenvalue weighted by Crippen LogP contribution is -2.54. The molecule has 4 nitrogen and oxygen atoms in total. The average molecular weight is 322 g/mol. The van der Waals surface area contributed by atoms with Crippen LogP contribution in [0.5, 0.6) is 0 Å². The molecule has 0 spiro atoms. The molecule has 0 saturated carbocycles. The Balaban J connectivity index is 1.38. The summed E-state index contributed by atoms with van der Waals surface area (Å²) in [6.45, 7) is 3.75. The molecule has 1 atom stereocenters. The Kier molecular flexibility index (Phi) is 5.13. The first kappa shape index (κ1) is 15.5. The van der Waals surface area contributed by atoms with E-state index in [0.717, 1.165) is 31.8 Å². The summed E-state index contributed by atoms with van der Waals surface area (Å²) >= 11 is 5.83. The number of amides is 1. The fraction of sp³-hybridized carbons (Fsp3) is 0.471. The van der Waals surface area contributed by atoms with Crippen LogP contribution in [0, 0.1) is 5.92 Å². The molecule has 5 heteroatoms. The molecule has 2 fully saturated rings. The molecule has 0 radical (unpaired) electrons. The van der Waals surface area contributed by atoms with Crippen LogP contribution in [0.3, 0.4) is 0 Å². The zero-order valence-electron chi connectivity index (χ0n) is 12.4. The molecule has 3 rings (SSSR count). The molecule has 0 N–H and O–H groups in total. The maximum absolute atomic E-state index is 12.0. The van der Waals surface area contributed by atoms with Gasteiger partial charge in [-0.25, -0.2) is 0 Å². The van der Waals surface area contributed by atoms with Gasteiger partial charge in [-0.3, -0.25) is 4.79 Å². The molecular weight excluding hydrogens is 302 g/mol. The maximum atomic E-state index is 12.0. The lowest BCUT2D eigenvalue weighted by Gasteiger charge is -2.38. The number of hydrogen-bond donors (Lipinski definition) is 0. The molecule has 22 heavy (non-hydrogen) atoms. The van der Waals surface area contributed by atoms with E-state index in [9.17, 15) is 4.79 Å². The first-order valence-corrected chi connectivity index (χ1v) is 8.00. The molecule has 1 amide bonds. The van der Waals surface area contributed by atoms with Gasteiger partial charge in [-0.2, -0.15) is 0 Å². The number of halogens is 1. The van der Waals surface area contributed by atoms with E-state index in [2.05, 4.69) is 0 Å². The Hall–Kier alpha value is -1.36. The summed E-state index contributed by atoms with van der Waals surface area (Å²) in [5.74, 6) is 0.550. The standard InChI is InChI=1S/C17H20ClNO3/c18-15-4-1-13(2-5-15)3-6-17(20)19-9-16(10-19)22-12-14-7-8-21-11-14/h1-6,14,16H,7-12H2/b6-3+. The highest BCUT2D eigenvalue weighted by Gasteiger charge is 2.31. The molecule has 0 aliphatic carbocycles. The third-order valence-electron chi connectivity index (χ3n) is 4.04. The first-order valence-electron chi connectivity index (χ1n) is 7.62. The van der Waals surface area contributed by atoms with Crippen LogP contribution in [0.4, 0.5) is 0 Å². The Bertz CT molecular complexity index is 531. The van der Waals surface area contributed by atoms with Crippen LogP contribution in [-0.2, 0) is 14.3 Å². The van der Waals surface area contributed by atoms with Crippen LogP contribution in [0.15, 0.2) is 30.3 Å². The largest absolute Gasteiger partial charge is 0.381 e. The zero-order valence-corrected chi connectivity index (χ0v) is 13.2. The Morgan fingerprint density at radius 2 is 2.14 bits per heavy atom. The second-order valence-electron chi connectivity index (χ2n) is 5.81. The smallest absolute Gasteiger partial charge is 0.246 e. The summed E-state index contributed by atoms with van der Waals surface area (Å²) in [7, 11) is 0. The van der Waals surface area contributed by atoms with Crippen molar-refractivity contribution in [2.45, 2.75) is 12.5 Å². The Morgan fingerprint density at radius 3 is 2.82 bits per heavy atom. The van der Waals surface area contributed by atoms with Crippen LogP contribution in [0.1, 0.15) is 12.0 Å². The van der Waals surface area contributed by atoms with Gasteiger partial charge in [0.2, 0.25) is 5.91 Å². The molecule has 0 bridgehead atoms. The highest BCUT2D eigenvalue weighted by atomic mass is 35.5. The van der Waals surface area contributed by atoms with Crippen molar-refractivity contribution < 1.29 is 14.3 Å². The molecule has 118 valence electrons. The third-order valence-corrected chi connectivity index (χ3v) is 4.29. The zero-order chi connectivity index (χ0) is 15.4. The van der Waals surface area contributed by atoms with E-state index in [1.165, 1.54) is 0 Å². The number of carbonyl (C=O) groups excluding carboxylic acids is 1. The number of hydrogen-bond acceptors (Lipinski definition) is 3. The highest BCUT2D eigenvalue weighted by molar-refractivity contribution is 6.30. The Labute approximate surface area is 135 Å². The van der Waals surface area contributed by atoms with E-state index in [1.807, 2.05) is 30.3 Å². The normalized spacial score (nSPS) is 22.2. The summed E-state index contributed by atoms with van der Waals surface area (Å²) < 4.78 is 11.1. The summed E-state index contributed by atoms with van der Waals surface area (Å²) in [5.41, 5.74) is 0.965. The van der Waals surface area contributed by atoms with Gasteiger partial charge in [-0.05, 0) is 30.2 Å². The molecular formula is C17H20ClNO3. The van der Waals surface area contributed by atoms with E-state index in [0.29, 0.717) is 24.0 Å². The quantitative estimate of drug-likeness (QED) is 0.783. The molecule has 2 heterocycles. The van der Waals surface area contributed by atoms with Crippen LogP contribution in [0.25, 0.3) is 6.08 Å². The molecule has 2 aliphatic rings. The number of ether oxygens (including phenoxy) is 2. The van der Waals surface area contributed by atoms with Gasteiger partial charge in [-0.15, -0.1) is 0 Å². The summed E-state index contributed by atoms with van der Waals surface area (Å²) in [5, 5.41) is 0.693. The molecule has 1 aromatic carbocycles. The van der Waals surface area contributed by atoms with Gasteiger partial charge in [-0.1, -0.05) is 23.7 Å². The van der Waals surface area contributed by atoms with Crippen molar-refractivity contribution in [3.05, 3.63) is 40.9 Å². The minimum atomic E-state index is 0.0269. The Morgan fingerprint density at radius 1 is 1.36 bits per heavy atom. The van der Waals surface area contributed by atoms with Crippen LogP contribution in [-0.4, -0.2) is 49.8 Å². The second kappa shape index (κ2) is 7.27. The number of likely N-dealkylation sites (tertiary alicyclic amines) is 1. The third kappa shape index (κ3) is 4.09. The molecule has 2 saturated heterocycles. The molecule has 1 aromatic rings. The summed E-state index contributed by atoms with van der Waals surface area (Å²) in [6.07, 6.45) is 4.67. The minimum Gasteiger partial charge on any atom is -0.381 e. The van der Waals surface area contributed by atoms with E-state index < -0.39 is 0 Å². The fourth-order valence-electron chi connectivity index (χ4n) is 2.56. The number of rotatable bonds is 5. The van der Waals surface area contributed by atoms with Gasteiger partial charge in [0.25, 0.3) is 0 Å². The monoisotopic (exact) mass is 321 g/mol. The summed E-state index contributed by atoms with van der Waals surface area (Å²) in [6, 6.07) is 7.40. The van der Waals surface area contributed by atoms with Gasteiger partial charge < -0.3 is 14.4 Å². The predicted molar refractivity (Wildman–Crippen MR) is 85.7 cm³/mol. The van der Waals surface area contributed by atoms with Crippen molar-refractivity contribution in [1.29, 1.82) is 0 Å². The number of benzene rings is 1. The van der Waals surface area contributed by atoms with E-state index >= 15 is 0 Å². The first-order chi connectivity index (χ1) is 10.7. The fourth-order valence-corrected chi connectivity index (χ4v) is 2.68. The maximum Gasteiger partial charge on any atom is 0.246 e. The van der Waals surface area contributed by atoms with Crippen molar-refractivity contribution in [2.24, 2.45) is 5.92 Å². The van der Waals surface area contributed by atoms with Crippen molar-refractivity contribution in [2.75, 3.05) is 32.9 Å². The average Bonchev–Trinajstić information content (AvgIpc) is 2.98.